The van der Waals surface area contributed by atoms with E-state index >= 15 is 0 Å². The zero-order chi connectivity index (χ0) is 16.6. The summed E-state index contributed by atoms with van der Waals surface area (Å²) in [5.41, 5.74) is 3.34. The van der Waals surface area contributed by atoms with Crippen molar-refractivity contribution in [1.29, 1.82) is 5.26 Å². The van der Waals surface area contributed by atoms with Crippen molar-refractivity contribution in [2.75, 3.05) is 6.54 Å². The van der Waals surface area contributed by atoms with E-state index in [-0.39, 0.29) is 11.4 Å². The SMILES string of the molecule is CC(C)(C)n1ncc2c1CCN(C(=O)c1cccc(C#N)c1)C2. The summed E-state index contributed by atoms with van der Waals surface area (Å²) in [6.45, 7) is 7.63. The van der Waals surface area contributed by atoms with Gasteiger partial charge in [-0.25, -0.2) is 0 Å². The number of amides is 1. The summed E-state index contributed by atoms with van der Waals surface area (Å²) in [5.74, 6) is -0.0312. The summed E-state index contributed by atoms with van der Waals surface area (Å²) < 4.78 is 2.06. The van der Waals surface area contributed by atoms with Crippen LogP contribution >= 0.6 is 0 Å². The fourth-order valence-electron chi connectivity index (χ4n) is 2.99. The predicted molar refractivity (Wildman–Crippen MR) is 86.8 cm³/mol. The minimum Gasteiger partial charge on any atom is -0.334 e. The number of aromatic nitrogens is 2. The average Bonchev–Trinajstić information content (AvgIpc) is 2.97. The molecule has 5 heteroatoms. The van der Waals surface area contributed by atoms with Crippen LogP contribution in [0.3, 0.4) is 0 Å². The van der Waals surface area contributed by atoms with E-state index in [2.05, 4.69) is 36.6 Å². The van der Waals surface area contributed by atoms with Gasteiger partial charge in [0.25, 0.3) is 5.91 Å². The number of carbonyl (C=O) groups is 1. The van der Waals surface area contributed by atoms with Crippen molar-refractivity contribution in [2.24, 2.45) is 0 Å². The number of fused-ring (bicyclic) bond motifs is 1. The molecule has 0 unspecified atom stereocenters. The van der Waals surface area contributed by atoms with Crippen LogP contribution < -0.4 is 0 Å². The van der Waals surface area contributed by atoms with Gasteiger partial charge in [0.05, 0.1) is 23.4 Å². The fourth-order valence-corrected chi connectivity index (χ4v) is 2.99. The maximum absolute atomic E-state index is 12.7. The molecule has 23 heavy (non-hydrogen) atoms. The lowest BCUT2D eigenvalue weighted by atomic mass is 10.0. The molecule has 118 valence electrons. The highest BCUT2D eigenvalue weighted by molar-refractivity contribution is 5.94. The van der Waals surface area contributed by atoms with Crippen molar-refractivity contribution in [1.82, 2.24) is 14.7 Å². The van der Waals surface area contributed by atoms with Gasteiger partial charge in [-0.1, -0.05) is 6.07 Å². The summed E-state index contributed by atoms with van der Waals surface area (Å²) in [7, 11) is 0. The van der Waals surface area contributed by atoms with Crippen LogP contribution in [0.1, 0.15) is 48.0 Å². The zero-order valence-corrected chi connectivity index (χ0v) is 13.7. The van der Waals surface area contributed by atoms with Crippen LogP contribution in [0.4, 0.5) is 0 Å². The minimum atomic E-state index is -0.0547. The molecule has 2 aromatic rings. The molecule has 1 amide bonds. The van der Waals surface area contributed by atoms with Gasteiger partial charge in [-0.2, -0.15) is 10.4 Å². The summed E-state index contributed by atoms with van der Waals surface area (Å²) >= 11 is 0. The van der Waals surface area contributed by atoms with Crippen LogP contribution in [0.25, 0.3) is 0 Å². The van der Waals surface area contributed by atoms with Crippen LogP contribution in [0.2, 0.25) is 0 Å². The van der Waals surface area contributed by atoms with Crippen molar-refractivity contribution in [3.63, 3.8) is 0 Å². The van der Waals surface area contributed by atoms with Gasteiger partial charge in [-0.3, -0.25) is 9.48 Å². The molecule has 2 heterocycles. The van der Waals surface area contributed by atoms with Gasteiger partial charge >= 0.3 is 0 Å². The molecule has 1 aliphatic rings. The summed E-state index contributed by atoms with van der Waals surface area (Å²) in [5, 5.41) is 13.5. The van der Waals surface area contributed by atoms with Gasteiger partial charge in [0.2, 0.25) is 0 Å². The lowest BCUT2D eigenvalue weighted by Gasteiger charge is -2.30. The average molecular weight is 308 g/mol. The molecule has 0 fully saturated rings. The molecular weight excluding hydrogens is 288 g/mol. The third-order valence-corrected chi connectivity index (χ3v) is 4.10. The van der Waals surface area contributed by atoms with Crippen molar-refractivity contribution in [2.45, 2.75) is 39.3 Å². The first-order valence-electron chi connectivity index (χ1n) is 7.76. The maximum atomic E-state index is 12.7. The Kier molecular flexibility index (Phi) is 3.69. The Morgan fingerprint density at radius 2 is 2.13 bits per heavy atom. The Labute approximate surface area is 136 Å². The fraction of sp³-hybridized carbons (Fsp3) is 0.389. The summed E-state index contributed by atoms with van der Waals surface area (Å²) in [6.07, 6.45) is 2.67. The molecule has 0 spiro atoms. The second kappa shape index (κ2) is 5.54. The Balaban J connectivity index is 1.84. The zero-order valence-electron chi connectivity index (χ0n) is 13.7. The van der Waals surface area contributed by atoms with Crippen LogP contribution in [-0.4, -0.2) is 27.1 Å². The van der Waals surface area contributed by atoms with Crippen LogP contribution in [0, 0.1) is 11.3 Å². The Morgan fingerprint density at radius 1 is 1.35 bits per heavy atom. The van der Waals surface area contributed by atoms with Crippen LogP contribution in [0.15, 0.2) is 30.5 Å². The largest absolute Gasteiger partial charge is 0.334 e. The molecule has 0 saturated carbocycles. The molecule has 0 N–H and O–H groups in total. The summed E-state index contributed by atoms with van der Waals surface area (Å²) in [6, 6.07) is 8.94. The van der Waals surface area contributed by atoms with Crippen molar-refractivity contribution in [3.05, 3.63) is 52.8 Å². The lowest BCUT2D eigenvalue weighted by Crippen LogP contribution is -2.37. The number of carbonyl (C=O) groups excluding carboxylic acids is 1. The van der Waals surface area contributed by atoms with Crippen molar-refractivity contribution < 1.29 is 4.79 Å². The molecule has 1 aromatic carbocycles. The molecule has 3 rings (SSSR count). The Bertz CT molecular complexity index is 792. The lowest BCUT2D eigenvalue weighted by molar-refractivity contribution is 0.0732. The normalized spacial score (nSPS) is 14.3. The van der Waals surface area contributed by atoms with E-state index in [0.29, 0.717) is 24.2 Å². The van der Waals surface area contributed by atoms with Gasteiger partial charge in [0.15, 0.2) is 0 Å². The second-order valence-electron chi connectivity index (χ2n) is 6.87. The van der Waals surface area contributed by atoms with Crippen molar-refractivity contribution in [3.8, 4) is 6.07 Å². The number of benzene rings is 1. The monoisotopic (exact) mass is 308 g/mol. The molecule has 5 nitrogen and oxygen atoms in total. The second-order valence-corrected chi connectivity index (χ2v) is 6.87. The number of hydrogen-bond acceptors (Lipinski definition) is 3. The van der Waals surface area contributed by atoms with Crippen LogP contribution in [-0.2, 0) is 18.5 Å². The molecule has 1 aromatic heterocycles. The molecular formula is C18H20N4O. The van der Waals surface area contributed by atoms with E-state index in [1.807, 2.05) is 11.1 Å². The van der Waals surface area contributed by atoms with Gasteiger partial charge in [0.1, 0.15) is 0 Å². The van der Waals surface area contributed by atoms with E-state index in [4.69, 9.17) is 5.26 Å². The topological polar surface area (TPSA) is 61.9 Å². The Hall–Kier alpha value is -2.61. The molecule has 0 atom stereocenters. The molecule has 0 radical (unpaired) electrons. The van der Waals surface area contributed by atoms with E-state index in [1.165, 1.54) is 5.69 Å². The number of nitriles is 1. The third-order valence-electron chi connectivity index (χ3n) is 4.10. The van der Waals surface area contributed by atoms with Gasteiger partial charge in [-0.05, 0) is 39.0 Å². The third kappa shape index (κ3) is 2.85. The maximum Gasteiger partial charge on any atom is 0.254 e. The number of rotatable bonds is 1. The first kappa shape index (κ1) is 15.3. The van der Waals surface area contributed by atoms with E-state index in [9.17, 15) is 4.79 Å². The Morgan fingerprint density at radius 3 is 2.83 bits per heavy atom. The quantitative estimate of drug-likeness (QED) is 0.813. The van der Waals surface area contributed by atoms with E-state index < -0.39 is 0 Å². The standard InChI is InChI=1S/C18H20N4O/c1-18(2,3)22-16-7-8-21(12-15(16)11-20-22)17(23)14-6-4-5-13(9-14)10-19/h4-6,9,11H,7-8,12H2,1-3H3. The molecule has 0 saturated heterocycles. The minimum absolute atomic E-state index is 0.0312. The number of nitrogens with zero attached hydrogens (tertiary/aromatic N) is 4. The summed E-state index contributed by atoms with van der Waals surface area (Å²) in [4.78, 5) is 14.5. The highest BCUT2D eigenvalue weighted by Crippen LogP contribution is 2.25. The van der Waals surface area contributed by atoms with Gasteiger partial charge < -0.3 is 4.90 Å². The molecule has 1 aliphatic heterocycles. The highest BCUT2D eigenvalue weighted by atomic mass is 16.2. The van der Waals surface area contributed by atoms with Gasteiger partial charge in [-0.15, -0.1) is 0 Å². The first-order valence-corrected chi connectivity index (χ1v) is 7.76. The van der Waals surface area contributed by atoms with Crippen LogP contribution in [0.5, 0.6) is 0 Å². The first-order chi connectivity index (χ1) is 10.9. The van der Waals surface area contributed by atoms with E-state index in [1.54, 1.807) is 24.3 Å². The smallest absolute Gasteiger partial charge is 0.254 e. The highest BCUT2D eigenvalue weighted by Gasteiger charge is 2.28. The number of hydrogen-bond donors (Lipinski definition) is 0. The van der Waals surface area contributed by atoms with Gasteiger partial charge in [0, 0.05) is 36.3 Å². The molecule has 0 aliphatic carbocycles. The van der Waals surface area contributed by atoms with Crippen molar-refractivity contribution >= 4 is 5.91 Å². The van der Waals surface area contributed by atoms with E-state index in [0.717, 1.165) is 12.0 Å². The predicted octanol–water partition coefficient (Wildman–Crippen LogP) is 2.71. The molecule has 0 bridgehead atoms.